The summed E-state index contributed by atoms with van der Waals surface area (Å²) in [6.07, 6.45) is 1.91. The minimum Gasteiger partial charge on any atom is -0.372 e. The van der Waals surface area contributed by atoms with Gasteiger partial charge in [-0.3, -0.25) is 4.79 Å². The molecule has 0 saturated carbocycles. The third kappa shape index (κ3) is 3.11. The van der Waals surface area contributed by atoms with E-state index in [1.54, 1.807) is 0 Å². The average molecular weight is 337 g/mol. The Labute approximate surface area is 142 Å². The molecule has 1 aliphatic heterocycles. The van der Waals surface area contributed by atoms with Crippen molar-refractivity contribution in [2.24, 2.45) is 5.73 Å². The highest BCUT2D eigenvalue weighted by molar-refractivity contribution is 6.21. The summed E-state index contributed by atoms with van der Waals surface area (Å²) in [5.41, 5.74) is 8.53. The normalized spacial score (nSPS) is 18.7. The zero-order chi connectivity index (χ0) is 14.2. The Balaban J connectivity index is 0.00000121. The number of para-hydroxylation sites is 1. The fraction of sp³-hybridized carbons (Fsp3) is 0.118. The smallest absolute Gasteiger partial charge is 0.249 e. The van der Waals surface area contributed by atoms with Gasteiger partial charge < -0.3 is 11.1 Å². The van der Waals surface area contributed by atoms with Crippen LogP contribution in [0.25, 0.3) is 5.57 Å². The molecule has 0 aromatic heterocycles. The Hall–Kier alpha value is -1.97. The van der Waals surface area contributed by atoms with Gasteiger partial charge in [0.2, 0.25) is 5.91 Å². The van der Waals surface area contributed by atoms with Crippen molar-refractivity contribution < 1.29 is 4.79 Å². The summed E-state index contributed by atoms with van der Waals surface area (Å²) in [7, 11) is 0. The van der Waals surface area contributed by atoms with E-state index in [2.05, 4.69) is 5.32 Å². The first-order chi connectivity index (χ1) is 9.60. The highest BCUT2D eigenvalue weighted by atomic mass is 35.5. The Morgan fingerprint density at radius 1 is 1.00 bits per heavy atom. The van der Waals surface area contributed by atoms with Gasteiger partial charge in [0.15, 0.2) is 0 Å². The molecule has 2 aromatic rings. The molecule has 1 aliphatic rings. The van der Waals surface area contributed by atoms with Gasteiger partial charge >= 0.3 is 0 Å². The predicted molar refractivity (Wildman–Crippen MR) is 95.5 cm³/mol. The van der Waals surface area contributed by atoms with E-state index in [4.69, 9.17) is 5.73 Å². The number of hydrogen-bond acceptors (Lipinski definition) is 2. The van der Waals surface area contributed by atoms with Crippen LogP contribution >= 0.6 is 24.8 Å². The molecule has 0 saturated heterocycles. The van der Waals surface area contributed by atoms with Crippen LogP contribution in [-0.4, -0.2) is 5.91 Å². The first-order valence-corrected chi connectivity index (χ1v) is 6.56. The van der Waals surface area contributed by atoms with Gasteiger partial charge in [-0.15, -0.1) is 24.8 Å². The molecular formula is C17H18Cl2N2O. The molecule has 116 valence electrons. The number of primary amides is 1. The summed E-state index contributed by atoms with van der Waals surface area (Å²) in [4.78, 5) is 11.8. The van der Waals surface area contributed by atoms with Gasteiger partial charge in [-0.05, 0) is 24.6 Å². The first kappa shape index (κ1) is 18.1. The second kappa shape index (κ2) is 6.86. The number of amides is 1. The molecule has 3 N–H and O–H groups in total. The van der Waals surface area contributed by atoms with Gasteiger partial charge in [-0.1, -0.05) is 48.5 Å². The van der Waals surface area contributed by atoms with Gasteiger partial charge in [-0.2, -0.15) is 0 Å². The van der Waals surface area contributed by atoms with Crippen molar-refractivity contribution in [3.8, 4) is 0 Å². The van der Waals surface area contributed by atoms with Crippen LogP contribution in [0.3, 0.4) is 0 Å². The number of carbonyl (C=O) groups is 1. The van der Waals surface area contributed by atoms with Crippen LogP contribution < -0.4 is 11.1 Å². The van der Waals surface area contributed by atoms with Gasteiger partial charge in [-0.25, -0.2) is 0 Å². The molecule has 1 unspecified atom stereocenters. The number of nitrogens with one attached hydrogen (secondary N) is 1. The lowest BCUT2D eigenvalue weighted by molar-refractivity contribution is -0.112. The lowest BCUT2D eigenvalue weighted by atomic mass is 9.84. The molecule has 0 spiro atoms. The molecular weight excluding hydrogens is 319 g/mol. The zero-order valence-corrected chi connectivity index (χ0v) is 13.7. The molecule has 0 radical (unpaired) electrons. The molecule has 0 fully saturated rings. The van der Waals surface area contributed by atoms with E-state index >= 15 is 0 Å². The minimum atomic E-state index is -0.444. The fourth-order valence-corrected chi connectivity index (χ4v) is 2.65. The number of hydrogen-bond donors (Lipinski definition) is 2. The van der Waals surface area contributed by atoms with E-state index in [1.165, 1.54) is 0 Å². The fourth-order valence-electron chi connectivity index (χ4n) is 2.65. The highest BCUT2D eigenvalue weighted by Crippen LogP contribution is 2.38. The van der Waals surface area contributed by atoms with E-state index < -0.39 is 11.4 Å². The summed E-state index contributed by atoms with van der Waals surface area (Å²) >= 11 is 0. The van der Waals surface area contributed by atoms with Crippen molar-refractivity contribution in [3.63, 3.8) is 0 Å². The number of nitrogens with two attached hydrogens (primary N) is 1. The Morgan fingerprint density at radius 3 is 2.23 bits per heavy atom. The highest BCUT2D eigenvalue weighted by Gasteiger charge is 2.31. The van der Waals surface area contributed by atoms with Crippen molar-refractivity contribution in [2.45, 2.75) is 12.5 Å². The third-order valence-electron chi connectivity index (χ3n) is 3.68. The lowest BCUT2D eigenvalue weighted by Crippen LogP contribution is -2.34. The van der Waals surface area contributed by atoms with E-state index in [0.717, 1.165) is 16.8 Å². The number of fused-ring (bicyclic) bond motifs is 1. The maximum atomic E-state index is 11.8. The molecule has 3 rings (SSSR count). The Kier molecular flexibility index (Phi) is 5.64. The van der Waals surface area contributed by atoms with Crippen LogP contribution in [0.5, 0.6) is 0 Å². The van der Waals surface area contributed by atoms with Crippen LogP contribution in [0.2, 0.25) is 0 Å². The van der Waals surface area contributed by atoms with Crippen LogP contribution in [0, 0.1) is 0 Å². The first-order valence-electron chi connectivity index (χ1n) is 6.56. The molecule has 22 heavy (non-hydrogen) atoms. The standard InChI is InChI=1S/C17H16N2O.2ClH/c1-17(12-7-3-2-4-8-12)11-14(16(18)20)13-9-5-6-10-15(13)19-17;;/h2-11,19H,1H3,(H2,18,20);2*1H. The van der Waals surface area contributed by atoms with Gasteiger partial charge in [0.1, 0.15) is 0 Å². The second-order valence-corrected chi connectivity index (χ2v) is 5.16. The third-order valence-corrected chi connectivity index (χ3v) is 3.68. The Morgan fingerprint density at radius 2 is 1.59 bits per heavy atom. The Bertz CT molecular complexity index is 701. The monoisotopic (exact) mass is 336 g/mol. The molecule has 0 aliphatic carbocycles. The topological polar surface area (TPSA) is 55.1 Å². The quantitative estimate of drug-likeness (QED) is 0.877. The number of anilines is 1. The van der Waals surface area contributed by atoms with Gasteiger partial charge in [0.05, 0.1) is 5.54 Å². The van der Waals surface area contributed by atoms with Crippen LogP contribution in [0.15, 0.2) is 60.7 Å². The minimum absolute atomic E-state index is 0. The van der Waals surface area contributed by atoms with E-state index in [0.29, 0.717) is 5.57 Å². The predicted octanol–water partition coefficient (Wildman–Crippen LogP) is 3.74. The largest absolute Gasteiger partial charge is 0.372 e. The van der Waals surface area contributed by atoms with Crippen molar-refractivity contribution in [1.82, 2.24) is 0 Å². The van der Waals surface area contributed by atoms with Crippen molar-refractivity contribution in [1.29, 1.82) is 0 Å². The molecule has 1 amide bonds. The molecule has 1 atom stereocenters. The number of halogens is 2. The summed E-state index contributed by atoms with van der Waals surface area (Å²) in [6, 6.07) is 17.7. The molecule has 2 aromatic carbocycles. The average Bonchev–Trinajstić information content (AvgIpc) is 2.47. The molecule has 5 heteroatoms. The summed E-state index contributed by atoms with van der Waals surface area (Å²) in [5, 5.41) is 3.49. The van der Waals surface area contributed by atoms with Crippen molar-refractivity contribution >= 4 is 42.0 Å². The lowest BCUT2D eigenvalue weighted by Gasteiger charge is -2.35. The number of benzene rings is 2. The molecule has 3 nitrogen and oxygen atoms in total. The van der Waals surface area contributed by atoms with Gasteiger partial charge in [0, 0.05) is 16.8 Å². The van der Waals surface area contributed by atoms with Crippen LogP contribution in [-0.2, 0) is 10.3 Å². The number of carbonyl (C=O) groups excluding carboxylic acids is 1. The summed E-state index contributed by atoms with van der Waals surface area (Å²) < 4.78 is 0. The summed E-state index contributed by atoms with van der Waals surface area (Å²) in [6.45, 7) is 2.04. The second-order valence-electron chi connectivity index (χ2n) is 5.16. The summed E-state index contributed by atoms with van der Waals surface area (Å²) in [5.74, 6) is -0.402. The van der Waals surface area contributed by atoms with E-state index in [9.17, 15) is 4.79 Å². The molecule has 0 bridgehead atoms. The van der Waals surface area contributed by atoms with Crippen molar-refractivity contribution in [2.75, 3.05) is 5.32 Å². The maximum Gasteiger partial charge on any atom is 0.249 e. The maximum absolute atomic E-state index is 11.8. The van der Waals surface area contributed by atoms with Crippen LogP contribution in [0.4, 0.5) is 5.69 Å². The molecule has 1 heterocycles. The van der Waals surface area contributed by atoms with E-state index in [1.807, 2.05) is 67.6 Å². The van der Waals surface area contributed by atoms with Crippen molar-refractivity contribution in [3.05, 3.63) is 71.8 Å². The van der Waals surface area contributed by atoms with Crippen LogP contribution in [0.1, 0.15) is 18.1 Å². The zero-order valence-electron chi connectivity index (χ0n) is 12.1. The number of rotatable bonds is 2. The van der Waals surface area contributed by atoms with Gasteiger partial charge in [0.25, 0.3) is 0 Å². The SMILES string of the molecule is CC1(c2ccccc2)C=C(C(N)=O)c2ccccc2N1.Cl.Cl. The van der Waals surface area contributed by atoms with E-state index in [-0.39, 0.29) is 24.8 Å².